The molecule has 0 saturated heterocycles. The number of carboxylic acid groups (broad SMARTS) is 1. The second-order valence-electron chi connectivity index (χ2n) is 6.11. The topological polar surface area (TPSA) is 40.5 Å². The lowest BCUT2D eigenvalue weighted by atomic mass is 9.88. The van der Waals surface area contributed by atoms with Crippen LogP contribution in [-0.4, -0.2) is 34.6 Å². The largest absolute Gasteiger partial charge is 0.480 e. The fourth-order valence-corrected chi connectivity index (χ4v) is 1.90. The molecule has 0 aliphatic carbocycles. The van der Waals surface area contributed by atoms with Crippen LogP contribution in [0.25, 0.3) is 0 Å². The highest BCUT2D eigenvalue weighted by atomic mass is 16.4. The van der Waals surface area contributed by atoms with Crippen molar-refractivity contribution >= 4 is 5.97 Å². The van der Waals surface area contributed by atoms with Crippen molar-refractivity contribution in [3.8, 4) is 0 Å². The molecule has 1 N–H and O–H groups in total. The van der Waals surface area contributed by atoms with Crippen molar-refractivity contribution in [3.05, 3.63) is 0 Å². The first kappa shape index (κ1) is 16.4. The molecule has 0 fully saturated rings. The summed E-state index contributed by atoms with van der Waals surface area (Å²) in [5.74, 6) is 0.280. The van der Waals surface area contributed by atoms with E-state index in [1.54, 1.807) is 0 Å². The number of likely N-dealkylation sites (N-methyl/N-ethyl adjacent to an activating group) is 1. The van der Waals surface area contributed by atoms with Crippen LogP contribution >= 0.6 is 0 Å². The van der Waals surface area contributed by atoms with Gasteiger partial charge in [-0.3, -0.25) is 9.69 Å². The summed E-state index contributed by atoms with van der Waals surface area (Å²) >= 11 is 0. The van der Waals surface area contributed by atoms with Gasteiger partial charge in [0.2, 0.25) is 0 Å². The molecule has 102 valence electrons. The summed E-state index contributed by atoms with van der Waals surface area (Å²) in [6.07, 6.45) is 1.64. The van der Waals surface area contributed by atoms with Gasteiger partial charge in [0, 0.05) is 6.04 Å². The lowest BCUT2D eigenvalue weighted by Gasteiger charge is -2.41. The Labute approximate surface area is 106 Å². The Morgan fingerprint density at radius 2 is 1.71 bits per heavy atom. The Balaban J connectivity index is 4.87. The van der Waals surface area contributed by atoms with Gasteiger partial charge < -0.3 is 5.11 Å². The maximum absolute atomic E-state index is 11.6. The molecule has 17 heavy (non-hydrogen) atoms. The molecule has 0 aliphatic rings. The van der Waals surface area contributed by atoms with Crippen molar-refractivity contribution < 1.29 is 9.90 Å². The van der Waals surface area contributed by atoms with Gasteiger partial charge in [-0.15, -0.1) is 0 Å². The van der Waals surface area contributed by atoms with Crippen molar-refractivity contribution in [1.82, 2.24) is 4.90 Å². The minimum atomic E-state index is -0.756. The van der Waals surface area contributed by atoms with Crippen molar-refractivity contribution in [2.75, 3.05) is 7.05 Å². The predicted molar refractivity (Wildman–Crippen MR) is 72.2 cm³/mol. The standard InChI is InChI=1S/C14H29NO2/c1-10(2)8-9-14(6,13(16)17)15(7)12(5)11(3)4/h10-12H,8-9H2,1-7H3,(H,16,17). The van der Waals surface area contributed by atoms with E-state index in [2.05, 4.69) is 34.6 Å². The minimum Gasteiger partial charge on any atom is -0.480 e. The van der Waals surface area contributed by atoms with Crippen LogP contribution in [0.2, 0.25) is 0 Å². The molecule has 3 nitrogen and oxygen atoms in total. The molecule has 2 unspecified atom stereocenters. The Morgan fingerprint density at radius 3 is 2.00 bits per heavy atom. The highest BCUT2D eigenvalue weighted by molar-refractivity contribution is 5.78. The lowest BCUT2D eigenvalue weighted by Crippen LogP contribution is -2.55. The Bertz CT molecular complexity index is 251. The van der Waals surface area contributed by atoms with E-state index in [9.17, 15) is 9.90 Å². The van der Waals surface area contributed by atoms with Crippen LogP contribution in [0.1, 0.15) is 54.4 Å². The third kappa shape index (κ3) is 4.30. The monoisotopic (exact) mass is 243 g/mol. The Hall–Kier alpha value is -0.570. The van der Waals surface area contributed by atoms with E-state index in [-0.39, 0.29) is 6.04 Å². The average Bonchev–Trinajstić information content (AvgIpc) is 2.23. The quantitative estimate of drug-likeness (QED) is 0.746. The second kappa shape index (κ2) is 6.39. The summed E-state index contributed by atoms with van der Waals surface area (Å²) in [6, 6.07) is 0.267. The molecule has 0 spiro atoms. The smallest absolute Gasteiger partial charge is 0.323 e. The third-order valence-corrected chi connectivity index (χ3v) is 4.02. The van der Waals surface area contributed by atoms with Gasteiger partial charge in [0.05, 0.1) is 0 Å². The molecule has 0 bridgehead atoms. The number of hydrogen-bond acceptors (Lipinski definition) is 2. The van der Waals surface area contributed by atoms with Crippen LogP contribution in [0.5, 0.6) is 0 Å². The van der Waals surface area contributed by atoms with Crippen LogP contribution in [0, 0.1) is 11.8 Å². The van der Waals surface area contributed by atoms with Gasteiger partial charge in [0.1, 0.15) is 5.54 Å². The zero-order valence-corrected chi connectivity index (χ0v) is 12.4. The van der Waals surface area contributed by atoms with E-state index < -0.39 is 11.5 Å². The zero-order chi connectivity index (χ0) is 13.8. The van der Waals surface area contributed by atoms with Gasteiger partial charge in [-0.25, -0.2) is 0 Å². The van der Waals surface area contributed by atoms with Crippen LogP contribution in [0.4, 0.5) is 0 Å². The van der Waals surface area contributed by atoms with Gasteiger partial charge in [0.15, 0.2) is 0 Å². The van der Waals surface area contributed by atoms with Crippen LogP contribution in [0.15, 0.2) is 0 Å². The molecule has 0 radical (unpaired) electrons. The number of carbonyl (C=O) groups is 1. The SMILES string of the molecule is CC(C)CCC(C)(C(=O)O)N(C)C(C)C(C)C. The van der Waals surface area contributed by atoms with E-state index in [4.69, 9.17) is 0 Å². The van der Waals surface area contributed by atoms with E-state index >= 15 is 0 Å². The van der Waals surface area contributed by atoms with Gasteiger partial charge in [0.25, 0.3) is 0 Å². The van der Waals surface area contributed by atoms with Crippen molar-refractivity contribution in [1.29, 1.82) is 0 Å². The summed E-state index contributed by atoms with van der Waals surface area (Å²) in [7, 11) is 1.93. The summed E-state index contributed by atoms with van der Waals surface area (Å²) in [5.41, 5.74) is -0.756. The molecule has 3 heteroatoms. The third-order valence-electron chi connectivity index (χ3n) is 4.02. The highest BCUT2D eigenvalue weighted by Gasteiger charge is 2.39. The molecule has 0 aliphatic heterocycles. The van der Waals surface area contributed by atoms with E-state index in [1.807, 2.05) is 18.9 Å². The van der Waals surface area contributed by atoms with Gasteiger partial charge in [-0.05, 0) is 45.6 Å². The number of carboxylic acids is 1. The van der Waals surface area contributed by atoms with Crippen LogP contribution in [0.3, 0.4) is 0 Å². The Morgan fingerprint density at radius 1 is 1.24 bits per heavy atom. The maximum Gasteiger partial charge on any atom is 0.323 e. The van der Waals surface area contributed by atoms with E-state index in [0.717, 1.165) is 6.42 Å². The fraction of sp³-hybridized carbons (Fsp3) is 0.929. The normalized spacial score (nSPS) is 17.5. The summed E-state index contributed by atoms with van der Waals surface area (Å²) in [4.78, 5) is 13.6. The molecule has 0 aromatic carbocycles. The summed E-state index contributed by atoms with van der Waals surface area (Å²) < 4.78 is 0. The highest BCUT2D eigenvalue weighted by Crippen LogP contribution is 2.27. The number of aliphatic carboxylic acids is 1. The molecule has 0 amide bonds. The van der Waals surface area contributed by atoms with E-state index in [0.29, 0.717) is 18.3 Å². The van der Waals surface area contributed by atoms with Gasteiger partial charge in [-0.2, -0.15) is 0 Å². The maximum atomic E-state index is 11.6. The molecule has 0 saturated carbocycles. The molecule has 0 aromatic heterocycles. The Kier molecular flexibility index (Phi) is 6.17. The zero-order valence-electron chi connectivity index (χ0n) is 12.4. The number of nitrogens with zero attached hydrogens (tertiary/aromatic N) is 1. The number of hydrogen-bond donors (Lipinski definition) is 1. The first-order valence-electron chi connectivity index (χ1n) is 6.59. The molecule has 0 heterocycles. The second-order valence-corrected chi connectivity index (χ2v) is 6.11. The van der Waals surface area contributed by atoms with Gasteiger partial charge in [-0.1, -0.05) is 27.7 Å². The van der Waals surface area contributed by atoms with Crippen molar-refractivity contribution in [3.63, 3.8) is 0 Å². The molecular weight excluding hydrogens is 214 g/mol. The predicted octanol–water partition coefficient (Wildman–Crippen LogP) is 3.24. The first-order chi connectivity index (χ1) is 7.62. The molecule has 2 atom stereocenters. The summed E-state index contributed by atoms with van der Waals surface area (Å²) in [5, 5.41) is 9.50. The molecule has 0 aromatic rings. The fourth-order valence-electron chi connectivity index (χ4n) is 1.90. The van der Waals surface area contributed by atoms with Crippen molar-refractivity contribution in [2.24, 2.45) is 11.8 Å². The van der Waals surface area contributed by atoms with Gasteiger partial charge >= 0.3 is 5.97 Å². The number of rotatable bonds is 7. The summed E-state index contributed by atoms with van der Waals surface area (Å²) in [6.45, 7) is 12.5. The first-order valence-corrected chi connectivity index (χ1v) is 6.59. The molecule has 0 rings (SSSR count). The van der Waals surface area contributed by atoms with Crippen LogP contribution < -0.4 is 0 Å². The van der Waals surface area contributed by atoms with Crippen molar-refractivity contribution in [2.45, 2.75) is 66.0 Å². The lowest BCUT2D eigenvalue weighted by molar-refractivity contribution is -0.152. The van der Waals surface area contributed by atoms with E-state index in [1.165, 1.54) is 0 Å². The van der Waals surface area contributed by atoms with Crippen LogP contribution in [-0.2, 0) is 4.79 Å². The molecular formula is C14H29NO2. The minimum absolute atomic E-state index is 0.267. The average molecular weight is 243 g/mol.